The van der Waals surface area contributed by atoms with Gasteiger partial charge in [0, 0.05) is 5.54 Å². The first-order chi connectivity index (χ1) is 7.09. The van der Waals surface area contributed by atoms with E-state index in [1.807, 2.05) is 34.6 Å². The quantitative estimate of drug-likeness (QED) is 0.617. The summed E-state index contributed by atoms with van der Waals surface area (Å²) < 4.78 is -0.0720. The molecule has 1 amide bonds. The van der Waals surface area contributed by atoms with Gasteiger partial charge in [-0.05, 0) is 41.0 Å². The zero-order valence-electron chi connectivity index (χ0n) is 10.5. The van der Waals surface area contributed by atoms with Crippen molar-refractivity contribution < 1.29 is 10.0 Å². The van der Waals surface area contributed by atoms with Crippen LogP contribution in [-0.2, 0) is 10.0 Å². The Balaban J connectivity index is 2.80. The average molecular weight is 339 g/mol. The molecule has 1 N–H and O–H groups in total. The van der Waals surface area contributed by atoms with E-state index in [0.717, 1.165) is 5.06 Å². The van der Waals surface area contributed by atoms with Gasteiger partial charge in [-0.1, -0.05) is 22.6 Å². The van der Waals surface area contributed by atoms with E-state index in [4.69, 9.17) is 0 Å². The molecule has 4 nitrogen and oxygen atoms in total. The van der Waals surface area contributed by atoms with Crippen molar-refractivity contribution in [1.29, 1.82) is 0 Å². The highest BCUT2D eigenvalue weighted by molar-refractivity contribution is 14.1. The van der Waals surface area contributed by atoms with Crippen LogP contribution in [0.25, 0.3) is 0 Å². The van der Waals surface area contributed by atoms with Crippen LogP contribution in [0.5, 0.6) is 0 Å². The lowest BCUT2D eigenvalue weighted by Crippen LogP contribution is -2.53. The number of alkyl halides is 1. The van der Waals surface area contributed by atoms with E-state index in [-0.39, 0.29) is 15.9 Å². The van der Waals surface area contributed by atoms with Gasteiger partial charge in [-0.15, -0.1) is 10.3 Å². The first kappa shape index (κ1) is 14.2. The van der Waals surface area contributed by atoms with Gasteiger partial charge < -0.3 is 5.32 Å². The van der Waals surface area contributed by atoms with E-state index < -0.39 is 11.1 Å². The summed E-state index contributed by atoms with van der Waals surface area (Å²) in [5.41, 5.74) is -0.944. The number of carbonyl (C=O) groups excluding carboxylic acids is 1. The number of hydroxylamine groups is 2. The van der Waals surface area contributed by atoms with E-state index in [2.05, 4.69) is 27.9 Å². The Morgan fingerprint density at radius 3 is 2.25 bits per heavy atom. The molecular formula is C11H20IN2O2. The van der Waals surface area contributed by atoms with Crippen LogP contribution >= 0.6 is 22.6 Å². The molecule has 16 heavy (non-hydrogen) atoms. The van der Waals surface area contributed by atoms with Crippen LogP contribution < -0.4 is 5.32 Å². The summed E-state index contributed by atoms with van der Waals surface area (Å²) >= 11 is 2.08. The summed E-state index contributed by atoms with van der Waals surface area (Å²) in [7, 11) is 0. The van der Waals surface area contributed by atoms with Crippen molar-refractivity contribution in [3.05, 3.63) is 0 Å². The lowest BCUT2D eigenvalue weighted by molar-refractivity contribution is -0.246. The topological polar surface area (TPSA) is 52.2 Å². The third kappa shape index (κ3) is 2.51. The number of nitrogens with zero attached hydrogens (tertiary/aromatic N) is 1. The molecule has 1 aliphatic rings. The van der Waals surface area contributed by atoms with Crippen molar-refractivity contribution in [2.24, 2.45) is 0 Å². The number of hydrogen-bond acceptors (Lipinski definition) is 2. The minimum atomic E-state index is -0.537. The molecule has 1 heterocycles. The largest absolute Gasteiger partial charge is 0.350 e. The maximum atomic E-state index is 12.1. The maximum absolute atomic E-state index is 12.1. The van der Waals surface area contributed by atoms with Gasteiger partial charge in [0.15, 0.2) is 0 Å². The number of amides is 1. The molecule has 0 aromatic rings. The van der Waals surface area contributed by atoms with Crippen LogP contribution in [0.1, 0.15) is 41.0 Å². The Hall–Kier alpha value is 0.120. The summed E-state index contributed by atoms with van der Waals surface area (Å²) in [5, 5.41) is 16.2. The van der Waals surface area contributed by atoms with E-state index in [1.165, 1.54) is 0 Å². The molecule has 5 heteroatoms. The van der Waals surface area contributed by atoms with Gasteiger partial charge in [0.1, 0.15) is 0 Å². The number of rotatable bonds is 2. The predicted molar refractivity (Wildman–Crippen MR) is 70.7 cm³/mol. The number of halogens is 1. The minimum absolute atomic E-state index is 0.00442. The lowest BCUT2D eigenvalue weighted by Gasteiger charge is -2.33. The molecule has 0 aliphatic carbocycles. The Morgan fingerprint density at radius 2 is 1.94 bits per heavy atom. The van der Waals surface area contributed by atoms with Crippen LogP contribution in [0.2, 0.25) is 0 Å². The standard InChI is InChI=1S/C11H20IN2O2/c1-7(12)9(15)13-8-6-10(2,3)14(16)11(8,4)5/h7-8H,6H2,1-5H3,(H,13,15). The van der Waals surface area contributed by atoms with Gasteiger partial charge >= 0.3 is 0 Å². The highest BCUT2D eigenvalue weighted by Gasteiger charge is 2.52. The molecule has 1 radical (unpaired) electrons. The normalized spacial score (nSPS) is 30.1. The number of nitrogens with one attached hydrogen (secondary N) is 1. The van der Waals surface area contributed by atoms with E-state index in [1.54, 1.807) is 0 Å². The smallest absolute Gasteiger partial charge is 0.232 e. The molecule has 2 atom stereocenters. The summed E-state index contributed by atoms with van der Waals surface area (Å²) in [6.07, 6.45) is 0.693. The Morgan fingerprint density at radius 1 is 1.44 bits per heavy atom. The van der Waals surface area contributed by atoms with Crippen molar-refractivity contribution in [1.82, 2.24) is 10.4 Å². The zero-order valence-corrected chi connectivity index (χ0v) is 12.7. The second kappa shape index (κ2) is 4.42. The average Bonchev–Trinajstić information content (AvgIpc) is 2.27. The molecule has 2 unspecified atom stereocenters. The van der Waals surface area contributed by atoms with Crippen LogP contribution in [0, 0.1) is 0 Å². The minimum Gasteiger partial charge on any atom is -0.350 e. The molecule has 1 saturated heterocycles. The fourth-order valence-electron chi connectivity index (χ4n) is 2.27. The fourth-order valence-corrected chi connectivity index (χ4v) is 2.45. The molecule has 93 valence electrons. The molecule has 0 bridgehead atoms. The Bertz CT molecular complexity index is 290. The Kier molecular flexibility index (Phi) is 3.92. The van der Waals surface area contributed by atoms with Crippen LogP contribution in [0.3, 0.4) is 0 Å². The van der Waals surface area contributed by atoms with Crippen molar-refractivity contribution in [3.63, 3.8) is 0 Å². The van der Waals surface area contributed by atoms with E-state index in [9.17, 15) is 10.0 Å². The van der Waals surface area contributed by atoms with Crippen LogP contribution in [0.4, 0.5) is 0 Å². The molecule has 0 aromatic heterocycles. The van der Waals surface area contributed by atoms with Gasteiger partial charge in [0.2, 0.25) is 5.91 Å². The third-order valence-corrected chi connectivity index (χ3v) is 3.87. The van der Waals surface area contributed by atoms with Crippen molar-refractivity contribution in [2.75, 3.05) is 0 Å². The lowest BCUT2D eigenvalue weighted by atomic mass is 9.94. The van der Waals surface area contributed by atoms with Gasteiger partial charge in [0.25, 0.3) is 0 Å². The van der Waals surface area contributed by atoms with Crippen LogP contribution in [0.15, 0.2) is 0 Å². The third-order valence-electron chi connectivity index (χ3n) is 3.31. The van der Waals surface area contributed by atoms with E-state index >= 15 is 0 Å². The molecule has 1 fully saturated rings. The van der Waals surface area contributed by atoms with E-state index in [0.29, 0.717) is 6.42 Å². The number of carbonyl (C=O) groups is 1. The SMILES string of the molecule is CC(I)C(=O)NC1CC(C)(C)N([O])C1(C)C. The van der Waals surface area contributed by atoms with Gasteiger partial charge in [-0.25, -0.2) is 0 Å². The zero-order chi connectivity index (χ0) is 12.7. The summed E-state index contributed by atoms with van der Waals surface area (Å²) in [6, 6.07) is -0.0790. The molecule has 1 rings (SSSR count). The first-order valence-corrected chi connectivity index (χ1v) is 6.75. The summed E-state index contributed by atoms with van der Waals surface area (Å²) in [4.78, 5) is 11.7. The fraction of sp³-hybridized carbons (Fsp3) is 0.909. The summed E-state index contributed by atoms with van der Waals surface area (Å²) in [6.45, 7) is 9.45. The maximum Gasteiger partial charge on any atom is 0.232 e. The molecule has 1 aliphatic heterocycles. The van der Waals surface area contributed by atoms with Gasteiger partial charge in [0.05, 0.1) is 15.5 Å². The molecular weight excluding hydrogens is 319 g/mol. The number of hydrogen-bond donors (Lipinski definition) is 1. The van der Waals surface area contributed by atoms with Crippen molar-refractivity contribution >= 4 is 28.5 Å². The second-order valence-corrected chi connectivity index (χ2v) is 7.51. The highest BCUT2D eigenvalue weighted by atomic mass is 127. The first-order valence-electron chi connectivity index (χ1n) is 5.51. The molecule has 0 saturated carbocycles. The van der Waals surface area contributed by atoms with Crippen molar-refractivity contribution in [3.8, 4) is 0 Å². The monoisotopic (exact) mass is 339 g/mol. The van der Waals surface area contributed by atoms with Crippen molar-refractivity contribution in [2.45, 2.75) is 62.1 Å². The summed E-state index contributed by atoms with van der Waals surface area (Å²) in [5.74, 6) is 0.00442. The second-order valence-electron chi connectivity index (χ2n) is 5.64. The predicted octanol–water partition coefficient (Wildman–Crippen LogP) is 1.90. The van der Waals surface area contributed by atoms with Gasteiger partial charge in [-0.3, -0.25) is 4.79 Å². The van der Waals surface area contributed by atoms with Crippen LogP contribution in [-0.4, -0.2) is 32.0 Å². The highest BCUT2D eigenvalue weighted by Crippen LogP contribution is 2.39. The van der Waals surface area contributed by atoms with Gasteiger partial charge in [-0.2, -0.15) is 0 Å². The molecule has 0 spiro atoms. The molecule has 0 aromatic carbocycles. The Labute approximate surface area is 111 Å².